The summed E-state index contributed by atoms with van der Waals surface area (Å²) in [6.45, 7) is 2.54. The van der Waals surface area contributed by atoms with E-state index in [9.17, 15) is 9.18 Å². The van der Waals surface area contributed by atoms with Crippen molar-refractivity contribution in [3.05, 3.63) is 46.2 Å². The first kappa shape index (κ1) is 19.3. The van der Waals surface area contributed by atoms with Crippen LogP contribution in [0.15, 0.2) is 24.3 Å². The van der Waals surface area contributed by atoms with Crippen LogP contribution in [-0.2, 0) is 17.8 Å². The number of nitrogens with one attached hydrogen (secondary N) is 2. The molecule has 2 rings (SSSR count). The Bertz CT molecular complexity index is 770. The molecule has 8 heteroatoms. The fourth-order valence-corrected chi connectivity index (χ4v) is 2.87. The number of aromatic amines is 1. The summed E-state index contributed by atoms with van der Waals surface area (Å²) in [5.41, 5.74) is 0.817. The molecule has 0 saturated carbocycles. The Hall–Kier alpha value is -2.06. The highest BCUT2D eigenvalue weighted by atomic mass is 32.1. The van der Waals surface area contributed by atoms with Crippen LogP contribution < -0.4 is 5.32 Å². The van der Waals surface area contributed by atoms with Gasteiger partial charge in [0.2, 0.25) is 5.91 Å². The average Bonchev–Trinajstić information content (AvgIpc) is 2.88. The van der Waals surface area contributed by atoms with Crippen LogP contribution in [0.5, 0.6) is 0 Å². The molecule has 0 saturated heterocycles. The Kier molecular flexibility index (Phi) is 6.83. The fraction of sp³-hybridized carbons (Fsp3) is 0.471. The summed E-state index contributed by atoms with van der Waals surface area (Å²) < 4.78 is 15.6. The van der Waals surface area contributed by atoms with Crippen molar-refractivity contribution in [2.45, 2.75) is 32.4 Å². The molecular formula is C17H24FN5OS. The van der Waals surface area contributed by atoms with Crippen LogP contribution in [0.3, 0.4) is 0 Å². The van der Waals surface area contributed by atoms with Gasteiger partial charge in [-0.3, -0.25) is 14.5 Å². The molecule has 1 amide bonds. The van der Waals surface area contributed by atoms with Crippen LogP contribution in [0.2, 0.25) is 0 Å². The van der Waals surface area contributed by atoms with E-state index < -0.39 is 0 Å². The van der Waals surface area contributed by atoms with Gasteiger partial charge in [0.05, 0.1) is 6.04 Å². The molecule has 136 valence electrons. The van der Waals surface area contributed by atoms with Crippen molar-refractivity contribution in [2.75, 3.05) is 20.6 Å². The molecule has 0 aliphatic carbocycles. The number of H-pyrrole nitrogens is 1. The zero-order chi connectivity index (χ0) is 18.4. The third-order valence-electron chi connectivity index (χ3n) is 3.96. The standard InChI is InChI=1S/C17H24FN5OS/c1-4-6-15-20-21-17(25)23(15)11-16(24)19-10-14(22(2)3)12-7-5-8-13(18)9-12/h5,7-9,14H,4,6,10-11H2,1-3H3,(H,19,24)(H,21,25)/t14-/m0/s1. The highest BCUT2D eigenvalue weighted by Crippen LogP contribution is 2.18. The number of hydrogen-bond acceptors (Lipinski definition) is 4. The van der Waals surface area contributed by atoms with Crippen LogP contribution in [-0.4, -0.2) is 46.2 Å². The Morgan fingerprint density at radius 3 is 2.88 bits per heavy atom. The van der Waals surface area contributed by atoms with Gasteiger partial charge < -0.3 is 10.2 Å². The van der Waals surface area contributed by atoms with Gasteiger partial charge in [-0.1, -0.05) is 19.1 Å². The molecule has 6 nitrogen and oxygen atoms in total. The van der Waals surface area contributed by atoms with Gasteiger partial charge in [-0.05, 0) is 50.4 Å². The Balaban J connectivity index is 2.02. The van der Waals surface area contributed by atoms with E-state index in [0.717, 1.165) is 24.2 Å². The topological polar surface area (TPSA) is 66.0 Å². The lowest BCUT2D eigenvalue weighted by Gasteiger charge is -2.25. The van der Waals surface area contributed by atoms with Gasteiger partial charge >= 0.3 is 0 Å². The average molecular weight is 365 g/mol. The van der Waals surface area contributed by atoms with E-state index in [2.05, 4.69) is 15.5 Å². The normalized spacial score (nSPS) is 12.4. The molecule has 2 N–H and O–H groups in total. The lowest BCUT2D eigenvalue weighted by Crippen LogP contribution is -2.36. The number of amides is 1. The molecular weight excluding hydrogens is 341 g/mol. The van der Waals surface area contributed by atoms with Gasteiger partial charge in [-0.15, -0.1) is 0 Å². The van der Waals surface area contributed by atoms with Crippen LogP contribution >= 0.6 is 12.2 Å². The summed E-state index contributed by atoms with van der Waals surface area (Å²) in [7, 11) is 3.79. The largest absolute Gasteiger partial charge is 0.353 e. The number of halogens is 1. The van der Waals surface area contributed by atoms with Crippen LogP contribution in [0.4, 0.5) is 4.39 Å². The van der Waals surface area contributed by atoms with E-state index in [-0.39, 0.29) is 24.3 Å². The van der Waals surface area contributed by atoms with E-state index >= 15 is 0 Å². The van der Waals surface area contributed by atoms with Crippen molar-refractivity contribution >= 4 is 18.1 Å². The molecule has 0 radical (unpaired) electrons. The smallest absolute Gasteiger partial charge is 0.240 e. The summed E-state index contributed by atoms with van der Waals surface area (Å²) >= 11 is 5.19. The highest BCUT2D eigenvalue weighted by molar-refractivity contribution is 7.71. The number of likely N-dealkylation sites (N-methyl/N-ethyl adjacent to an activating group) is 1. The number of hydrogen-bond donors (Lipinski definition) is 2. The zero-order valence-corrected chi connectivity index (χ0v) is 15.6. The third kappa shape index (κ3) is 5.20. The molecule has 0 unspecified atom stereocenters. The van der Waals surface area contributed by atoms with Crippen molar-refractivity contribution in [3.8, 4) is 0 Å². The Labute approximate surface area is 152 Å². The maximum absolute atomic E-state index is 13.5. The fourth-order valence-electron chi connectivity index (χ4n) is 2.65. The van der Waals surface area contributed by atoms with E-state index in [1.807, 2.05) is 32.0 Å². The quantitative estimate of drug-likeness (QED) is 0.705. The van der Waals surface area contributed by atoms with Gasteiger partial charge in [0.15, 0.2) is 4.77 Å². The summed E-state index contributed by atoms with van der Waals surface area (Å²) in [6.07, 6.45) is 1.67. The van der Waals surface area contributed by atoms with Gasteiger partial charge in [-0.25, -0.2) is 4.39 Å². The van der Waals surface area contributed by atoms with E-state index in [4.69, 9.17) is 12.2 Å². The SMILES string of the molecule is CCCc1n[nH]c(=S)n1CC(=O)NC[C@@H](c1cccc(F)c1)N(C)C. The van der Waals surface area contributed by atoms with Crippen molar-refractivity contribution < 1.29 is 9.18 Å². The van der Waals surface area contributed by atoms with Crippen LogP contribution in [0, 0.1) is 10.6 Å². The molecule has 25 heavy (non-hydrogen) atoms. The number of rotatable bonds is 8. The van der Waals surface area contributed by atoms with Crippen LogP contribution in [0.1, 0.15) is 30.8 Å². The highest BCUT2D eigenvalue weighted by Gasteiger charge is 2.17. The van der Waals surface area contributed by atoms with Crippen LogP contribution in [0.25, 0.3) is 0 Å². The van der Waals surface area contributed by atoms with E-state index in [1.165, 1.54) is 12.1 Å². The molecule has 1 aromatic carbocycles. The molecule has 0 fully saturated rings. The molecule has 1 atom stereocenters. The first-order chi connectivity index (χ1) is 11.9. The summed E-state index contributed by atoms with van der Waals surface area (Å²) in [4.78, 5) is 14.3. The minimum absolute atomic E-state index is 0.118. The summed E-state index contributed by atoms with van der Waals surface area (Å²) in [5, 5.41) is 9.79. The Morgan fingerprint density at radius 2 is 2.24 bits per heavy atom. The summed E-state index contributed by atoms with van der Waals surface area (Å²) in [6, 6.07) is 6.30. The van der Waals surface area contributed by atoms with Gasteiger partial charge in [0.1, 0.15) is 18.2 Å². The number of aromatic nitrogens is 3. The minimum Gasteiger partial charge on any atom is -0.353 e. The predicted molar refractivity (Wildman–Crippen MR) is 97.2 cm³/mol. The second kappa shape index (κ2) is 8.87. The number of nitrogens with zero attached hydrogens (tertiary/aromatic N) is 3. The maximum atomic E-state index is 13.5. The maximum Gasteiger partial charge on any atom is 0.240 e. The van der Waals surface area contributed by atoms with Crippen molar-refractivity contribution in [1.82, 2.24) is 25.0 Å². The molecule has 0 aliphatic heterocycles. The number of aryl methyl sites for hydroxylation is 1. The molecule has 1 aromatic heterocycles. The second-order valence-electron chi connectivity index (χ2n) is 6.12. The lowest BCUT2D eigenvalue weighted by molar-refractivity contribution is -0.121. The monoisotopic (exact) mass is 365 g/mol. The second-order valence-corrected chi connectivity index (χ2v) is 6.51. The Morgan fingerprint density at radius 1 is 1.48 bits per heavy atom. The molecule has 0 spiro atoms. The van der Waals surface area contributed by atoms with Gasteiger partial charge in [-0.2, -0.15) is 5.10 Å². The van der Waals surface area contributed by atoms with E-state index in [1.54, 1.807) is 10.6 Å². The molecule has 1 heterocycles. The molecule has 2 aromatic rings. The zero-order valence-electron chi connectivity index (χ0n) is 14.8. The lowest BCUT2D eigenvalue weighted by atomic mass is 10.1. The van der Waals surface area contributed by atoms with E-state index in [0.29, 0.717) is 11.3 Å². The number of benzene rings is 1. The minimum atomic E-state index is -0.287. The van der Waals surface area contributed by atoms with Crippen molar-refractivity contribution in [1.29, 1.82) is 0 Å². The molecule has 0 bridgehead atoms. The van der Waals surface area contributed by atoms with Gasteiger partial charge in [0.25, 0.3) is 0 Å². The van der Waals surface area contributed by atoms with Crippen molar-refractivity contribution in [2.24, 2.45) is 0 Å². The third-order valence-corrected chi connectivity index (χ3v) is 4.27. The first-order valence-electron chi connectivity index (χ1n) is 8.25. The number of carbonyl (C=O) groups is 1. The predicted octanol–water partition coefficient (Wildman–Crippen LogP) is 2.45. The first-order valence-corrected chi connectivity index (χ1v) is 8.65. The molecule has 0 aliphatic rings. The number of carbonyl (C=O) groups excluding carboxylic acids is 1. The summed E-state index contributed by atoms with van der Waals surface area (Å²) in [5.74, 6) is 0.333. The van der Waals surface area contributed by atoms with Crippen molar-refractivity contribution in [3.63, 3.8) is 0 Å². The van der Waals surface area contributed by atoms with Gasteiger partial charge in [0, 0.05) is 13.0 Å².